The maximum Gasteiger partial charge on any atom is 0.257 e. The molecule has 4 aromatic rings. The molecule has 4 atom stereocenters. The Morgan fingerprint density at radius 3 is 2.44 bits per heavy atom. The molecule has 0 aliphatic carbocycles. The largest absolute Gasteiger partial charge is 0.484 e. The van der Waals surface area contributed by atoms with Gasteiger partial charge in [-0.1, -0.05) is 43.6 Å². The number of piperidine rings is 1. The molecular weight excluding hydrogens is 832 g/mol. The lowest BCUT2D eigenvalue weighted by Gasteiger charge is -2.29. The number of amides is 5. The molecule has 0 spiro atoms. The Kier molecular flexibility index (Phi) is 12.6. The summed E-state index contributed by atoms with van der Waals surface area (Å²) in [5.74, 6) is 0.561. The molecule has 3 N–H and O–H groups in total. The second kappa shape index (κ2) is 18.4. The Hall–Kier alpha value is -6.20. The molecule has 3 unspecified atom stereocenters. The number of unbranched alkanes of at least 4 members (excludes halogenated alkanes) is 1. The number of nitrogens with zero attached hydrogens (tertiary/aromatic N) is 7. The second-order valence-corrected chi connectivity index (χ2v) is 17.4. The fraction of sp³-hybridized carbons (Fsp3) is 0.364. The van der Waals surface area contributed by atoms with E-state index in [9.17, 15) is 24.0 Å². The molecule has 8 rings (SSSR count). The van der Waals surface area contributed by atoms with Crippen molar-refractivity contribution in [1.82, 2.24) is 35.6 Å². The monoisotopic (exact) mass is 876 g/mol. The third kappa shape index (κ3) is 9.04. The number of carbonyl (C=O) groups is 5. The Morgan fingerprint density at radius 2 is 1.69 bits per heavy atom. The lowest BCUT2D eigenvalue weighted by Crippen LogP contribution is -2.52. The van der Waals surface area contributed by atoms with E-state index in [1.807, 2.05) is 31.2 Å². The highest BCUT2D eigenvalue weighted by molar-refractivity contribution is 8.08. The molecule has 5 amide bonds. The quantitative estimate of drug-likeness (QED) is 0.0730. The summed E-state index contributed by atoms with van der Waals surface area (Å²) in [7, 11) is 0. The van der Waals surface area contributed by atoms with Gasteiger partial charge in [-0.05, 0) is 80.6 Å². The van der Waals surface area contributed by atoms with E-state index >= 15 is 0 Å². The van der Waals surface area contributed by atoms with Crippen molar-refractivity contribution in [3.8, 4) is 5.75 Å². The summed E-state index contributed by atoms with van der Waals surface area (Å²) in [6.07, 6.45) is 1.86. The predicted molar refractivity (Wildman–Crippen MR) is 233 cm³/mol. The number of aryl methyl sites for hydroxylation is 1. The van der Waals surface area contributed by atoms with Crippen molar-refractivity contribution in [2.45, 2.75) is 76.8 Å². The molecule has 0 bridgehead atoms. The van der Waals surface area contributed by atoms with Crippen LogP contribution in [0.25, 0.3) is 5.03 Å². The molecule has 0 saturated carbocycles. The van der Waals surface area contributed by atoms with Gasteiger partial charge in [-0.25, -0.2) is 0 Å². The van der Waals surface area contributed by atoms with Gasteiger partial charge in [0.25, 0.3) is 11.8 Å². The zero-order valence-corrected chi connectivity index (χ0v) is 36.0. The van der Waals surface area contributed by atoms with E-state index < -0.39 is 18.0 Å². The number of hydrogen-bond acceptors (Lipinski definition) is 12. The molecule has 5 heterocycles. The maximum absolute atomic E-state index is 13.3. The first-order chi connectivity index (χ1) is 29.9. The minimum atomic E-state index is -0.719. The number of ether oxygens (including phenoxy) is 1. The van der Waals surface area contributed by atoms with E-state index in [2.05, 4.69) is 54.8 Å². The maximum atomic E-state index is 13.3. The van der Waals surface area contributed by atoms with Gasteiger partial charge in [0.15, 0.2) is 12.4 Å². The van der Waals surface area contributed by atoms with Gasteiger partial charge in [-0.3, -0.25) is 38.8 Å². The lowest BCUT2D eigenvalue weighted by atomic mass is 9.91. The highest BCUT2D eigenvalue weighted by Gasteiger charge is 2.41. The Balaban J connectivity index is 0.774. The second-order valence-electron chi connectivity index (χ2n) is 15.6. The third-order valence-electron chi connectivity index (χ3n) is 11.4. The number of carbonyl (C=O) groups excluding carboxylic acids is 5. The summed E-state index contributed by atoms with van der Waals surface area (Å²) >= 11 is 8.01. The molecule has 320 valence electrons. The van der Waals surface area contributed by atoms with Crippen molar-refractivity contribution in [1.29, 1.82) is 0 Å². The Labute approximate surface area is 367 Å². The summed E-state index contributed by atoms with van der Waals surface area (Å²) in [6.45, 7) is 7.20. The molecule has 1 fully saturated rings. The van der Waals surface area contributed by atoms with Crippen LogP contribution in [0.4, 0.5) is 11.4 Å². The van der Waals surface area contributed by atoms with Gasteiger partial charge < -0.3 is 20.3 Å². The van der Waals surface area contributed by atoms with Crippen molar-refractivity contribution in [2.75, 3.05) is 19.7 Å². The van der Waals surface area contributed by atoms with Gasteiger partial charge in [0, 0.05) is 58.6 Å². The molecular formula is C44H45ClN10O6S. The first kappa shape index (κ1) is 42.5. The van der Waals surface area contributed by atoms with Crippen LogP contribution in [0.3, 0.4) is 0 Å². The minimum Gasteiger partial charge on any atom is -0.484 e. The molecule has 0 radical (unpaired) electrons. The van der Waals surface area contributed by atoms with E-state index in [4.69, 9.17) is 21.3 Å². The number of aromatic nitrogens is 3. The summed E-state index contributed by atoms with van der Waals surface area (Å²) in [4.78, 5) is 69.6. The molecule has 62 heavy (non-hydrogen) atoms. The van der Waals surface area contributed by atoms with Gasteiger partial charge in [0.2, 0.25) is 17.7 Å². The highest BCUT2D eigenvalue weighted by Crippen LogP contribution is 2.49. The van der Waals surface area contributed by atoms with Crippen molar-refractivity contribution in [3.63, 3.8) is 0 Å². The fourth-order valence-corrected chi connectivity index (χ4v) is 9.46. The van der Waals surface area contributed by atoms with Crippen LogP contribution in [0.1, 0.15) is 85.1 Å². The van der Waals surface area contributed by atoms with Crippen molar-refractivity contribution in [2.24, 2.45) is 21.1 Å². The van der Waals surface area contributed by atoms with E-state index in [1.54, 1.807) is 54.2 Å². The molecule has 18 heteroatoms. The average Bonchev–Trinajstić information content (AvgIpc) is 3.87. The number of nitrogens with one attached hydrogen (secondary N) is 3. The standard InChI is InChI=1S/C44H45ClN10O6S/c1-24-25(2)62-44-39(24)40(27-9-11-28(45)12-10-27)48-34(41-53-50-26(3)55(41)44)21-37(57)46-19-4-5-20-47-38(58)23-61-30-15-13-29(14-16-30)51-52-33-8-6-7-31-32(33)22-54(43(31)60)35-17-18-36(56)49-42(35)59/h6-16,24-25,34-35H,4-5,17-23H2,1-3H3,(H,46,57)(H,47,58)(H,49,56,59)/t24?,25?,34-,35?/m0/s1. The highest BCUT2D eigenvalue weighted by atomic mass is 35.5. The molecule has 1 saturated heterocycles. The number of hydrogen-bond donors (Lipinski definition) is 3. The molecule has 4 aliphatic heterocycles. The first-order valence-corrected chi connectivity index (χ1v) is 21.8. The molecule has 16 nitrogen and oxygen atoms in total. The summed E-state index contributed by atoms with van der Waals surface area (Å²) in [6, 6.07) is 18.3. The zero-order chi connectivity index (χ0) is 43.5. The van der Waals surface area contributed by atoms with Crippen LogP contribution in [0.2, 0.25) is 5.02 Å². The van der Waals surface area contributed by atoms with E-state index in [-0.39, 0.29) is 62.0 Å². The first-order valence-electron chi connectivity index (χ1n) is 20.6. The normalized spacial score (nSPS) is 20.7. The van der Waals surface area contributed by atoms with E-state index in [1.165, 1.54) is 4.90 Å². The van der Waals surface area contributed by atoms with Crippen LogP contribution in [-0.4, -0.2) is 85.9 Å². The Morgan fingerprint density at radius 1 is 0.952 bits per heavy atom. The van der Waals surface area contributed by atoms with Crippen LogP contribution < -0.4 is 20.7 Å². The SMILES string of the molecule is Cc1nnc2n1C1=C(C(c3ccc(Cl)cc3)=N[C@H]2CC(=O)NCCCCNC(=O)COc2ccc(N=Nc3cccc4c3CN(C3CCC(=O)NC3=O)C4=O)cc2)C(C)C(C)S1. The minimum absolute atomic E-state index is 0.103. The lowest BCUT2D eigenvalue weighted by molar-refractivity contribution is -0.137. The van der Waals surface area contributed by atoms with Crippen LogP contribution in [0.5, 0.6) is 5.75 Å². The van der Waals surface area contributed by atoms with Crippen LogP contribution in [0, 0.1) is 12.8 Å². The van der Waals surface area contributed by atoms with Gasteiger partial charge in [-0.2, -0.15) is 10.2 Å². The number of rotatable bonds is 14. The number of halogens is 1. The topological polar surface area (TPSA) is 202 Å². The van der Waals surface area contributed by atoms with Crippen molar-refractivity contribution >= 4 is 75.0 Å². The van der Waals surface area contributed by atoms with Gasteiger partial charge >= 0.3 is 0 Å². The van der Waals surface area contributed by atoms with Crippen LogP contribution in [0.15, 0.2) is 87.5 Å². The van der Waals surface area contributed by atoms with E-state index in [0.29, 0.717) is 70.3 Å². The molecule has 3 aromatic carbocycles. The number of imide groups is 1. The van der Waals surface area contributed by atoms with Crippen LogP contribution in [-0.2, 0) is 25.7 Å². The smallest absolute Gasteiger partial charge is 0.257 e. The summed E-state index contributed by atoms with van der Waals surface area (Å²) in [5.41, 5.74) is 5.06. The summed E-state index contributed by atoms with van der Waals surface area (Å²) < 4.78 is 7.73. The van der Waals surface area contributed by atoms with Gasteiger partial charge in [0.1, 0.15) is 23.7 Å². The van der Waals surface area contributed by atoms with E-state index in [0.717, 1.165) is 27.7 Å². The fourth-order valence-electron chi connectivity index (χ4n) is 7.90. The average molecular weight is 877 g/mol. The number of thioether (sulfide) groups is 1. The molecule has 4 aliphatic rings. The number of azo groups is 1. The van der Waals surface area contributed by atoms with Crippen molar-refractivity contribution < 1.29 is 28.7 Å². The van der Waals surface area contributed by atoms with Crippen LogP contribution >= 0.6 is 23.4 Å². The third-order valence-corrected chi connectivity index (χ3v) is 13.0. The zero-order valence-electron chi connectivity index (χ0n) is 34.4. The van der Waals surface area contributed by atoms with Crippen molar-refractivity contribution in [3.05, 3.63) is 106 Å². The number of fused-ring (bicyclic) bond motifs is 3. The van der Waals surface area contributed by atoms with Gasteiger partial charge in [-0.15, -0.1) is 22.0 Å². The molecule has 1 aromatic heterocycles. The Bertz CT molecular complexity index is 2520. The number of aliphatic imine (C=N–C) groups is 1. The number of allylic oxidation sites excluding steroid dienone is 1. The summed E-state index contributed by atoms with van der Waals surface area (Å²) in [5, 5.41) is 27.8. The predicted octanol–water partition coefficient (Wildman–Crippen LogP) is 6.38. The van der Waals surface area contributed by atoms with Gasteiger partial charge in [0.05, 0.1) is 28.5 Å². The number of benzene rings is 3.